The zero-order valence-electron chi connectivity index (χ0n) is 11.1. The van der Waals surface area contributed by atoms with E-state index in [9.17, 15) is 17.3 Å². The number of halogens is 4. The van der Waals surface area contributed by atoms with Crippen LogP contribution in [0.1, 0.15) is 11.1 Å². The van der Waals surface area contributed by atoms with Crippen molar-refractivity contribution in [2.75, 3.05) is 0 Å². The summed E-state index contributed by atoms with van der Waals surface area (Å²) in [7, 11) is -6.00. The summed E-state index contributed by atoms with van der Waals surface area (Å²) < 4.78 is 39.0. The van der Waals surface area contributed by atoms with Crippen LogP contribution in [0.2, 0.25) is 0 Å². The fraction of sp³-hybridized carbons (Fsp3) is 0. The standard InChI is InChI=1S/2C7H5N.Au.BF4/c2*8-6-7-4-2-1-3-5-7;;2-1(3,4)5/h2*1-5H;;/q;;+1;-1. The van der Waals surface area contributed by atoms with Gasteiger partial charge in [-0.15, -0.1) is 0 Å². The van der Waals surface area contributed by atoms with Gasteiger partial charge in [0.1, 0.15) is 0 Å². The molecular weight excluding hydrogens is 480 g/mol. The van der Waals surface area contributed by atoms with E-state index in [1.165, 1.54) is 0 Å². The number of hydrogen-bond donors (Lipinski definition) is 0. The molecule has 2 aromatic rings. The van der Waals surface area contributed by atoms with Gasteiger partial charge < -0.3 is 17.3 Å². The number of benzene rings is 2. The van der Waals surface area contributed by atoms with Crippen molar-refractivity contribution >= 4 is 7.25 Å². The van der Waals surface area contributed by atoms with Crippen molar-refractivity contribution in [2.24, 2.45) is 0 Å². The zero-order chi connectivity index (χ0) is 16.1. The van der Waals surface area contributed by atoms with Gasteiger partial charge in [0, 0.05) is 0 Å². The molecule has 0 unspecified atom stereocenters. The normalized spacial score (nSPS) is 8.45. The van der Waals surface area contributed by atoms with Gasteiger partial charge in [-0.1, -0.05) is 36.4 Å². The van der Waals surface area contributed by atoms with E-state index in [2.05, 4.69) is 0 Å². The second-order valence-corrected chi connectivity index (χ2v) is 3.45. The Morgan fingerprint density at radius 3 is 1.00 bits per heavy atom. The number of hydrogen-bond acceptors (Lipinski definition) is 2. The van der Waals surface area contributed by atoms with Gasteiger partial charge >= 0.3 is 29.6 Å². The Labute approximate surface area is 141 Å². The van der Waals surface area contributed by atoms with Gasteiger partial charge in [-0.3, -0.25) is 0 Å². The van der Waals surface area contributed by atoms with Crippen molar-refractivity contribution in [3.05, 3.63) is 71.8 Å². The van der Waals surface area contributed by atoms with Crippen molar-refractivity contribution in [2.45, 2.75) is 0 Å². The second kappa shape index (κ2) is 12.7. The molecule has 8 heteroatoms. The van der Waals surface area contributed by atoms with Gasteiger partial charge in [0.15, 0.2) is 0 Å². The molecule has 22 heavy (non-hydrogen) atoms. The van der Waals surface area contributed by atoms with Gasteiger partial charge in [0.25, 0.3) is 0 Å². The fourth-order valence-corrected chi connectivity index (χ4v) is 1.03. The molecule has 0 aliphatic heterocycles. The van der Waals surface area contributed by atoms with Crippen molar-refractivity contribution in [3.63, 3.8) is 0 Å². The summed E-state index contributed by atoms with van der Waals surface area (Å²) in [6.45, 7) is 0. The monoisotopic (exact) mass is 490 g/mol. The van der Waals surface area contributed by atoms with Crippen LogP contribution in [0.3, 0.4) is 0 Å². The smallest absolute Gasteiger partial charge is 0.418 e. The van der Waals surface area contributed by atoms with Crippen LogP contribution in [0.4, 0.5) is 17.3 Å². The third-order valence-electron chi connectivity index (χ3n) is 1.81. The second-order valence-electron chi connectivity index (χ2n) is 3.45. The van der Waals surface area contributed by atoms with E-state index in [0.29, 0.717) is 11.1 Å². The largest absolute Gasteiger partial charge is 1.00 e. The maximum Gasteiger partial charge on any atom is 1.00 e. The quantitative estimate of drug-likeness (QED) is 0.406. The molecule has 0 bridgehead atoms. The summed E-state index contributed by atoms with van der Waals surface area (Å²) in [5.41, 5.74) is 1.43. The molecule has 0 aliphatic rings. The average Bonchev–Trinajstić information content (AvgIpc) is 2.48. The van der Waals surface area contributed by atoms with E-state index < -0.39 is 7.25 Å². The van der Waals surface area contributed by atoms with Crippen LogP contribution in [-0.2, 0) is 22.4 Å². The molecule has 0 atom stereocenters. The molecule has 2 rings (SSSR count). The topological polar surface area (TPSA) is 47.6 Å². The number of nitriles is 2. The first-order chi connectivity index (χ1) is 9.86. The van der Waals surface area contributed by atoms with Crippen molar-refractivity contribution in [1.82, 2.24) is 0 Å². The van der Waals surface area contributed by atoms with E-state index in [1.54, 1.807) is 24.3 Å². The minimum atomic E-state index is -6.00. The summed E-state index contributed by atoms with van der Waals surface area (Å²) in [6, 6.07) is 22.3. The first-order valence-electron chi connectivity index (χ1n) is 5.64. The molecule has 0 saturated heterocycles. The molecule has 0 N–H and O–H groups in total. The summed E-state index contributed by atoms with van der Waals surface area (Å²) in [4.78, 5) is 0. The summed E-state index contributed by atoms with van der Waals surface area (Å²) in [6.07, 6.45) is 0. The predicted octanol–water partition coefficient (Wildman–Crippen LogP) is 4.41. The van der Waals surface area contributed by atoms with Gasteiger partial charge in [0.05, 0.1) is 23.3 Å². The Morgan fingerprint density at radius 1 is 0.636 bits per heavy atom. The number of rotatable bonds is 0. The van der Waals surface area contributed by atoms with Crippen LogP contribution in [0, 0.1) is 22.7 Å². The molecule has 0 radical (unpaired) electrons. The van der Waals surface area contributed by atoms with Crippen LogP contribution in [0.25, 0.3) is 0 Å². The van der Waals surface area contributed by atoms with Crippen LogP contribution < -0.4 is 0 Å². The Kier molecular flexibility index (Phi) is 12.8. The molecule has 0 amide bonds. The van der Waals surface area contributed by atoms with E-state index in [4.69, 9.17) is 10.5 Å². The van der Waals surface area contributed by atoms with Gasteiger partial charge in [0.2, 0.25) is 0 Å². The molecule has 0 fully saturated rings. The van der Waals surface area contributed by atoms with Crippen molar-refractivity contribution < 1.29 is 39.6 Å². The van der Waals surface area contributed by atoms with Crippen LogP contribution in [0.5, 0.6) is 0 Å². The molecule has 0 spiro atoms. The maximum atomic E-state index is 9.75. The third kappa shape index (κ3) is 16.0. The van der Waals surface area contributed by atoms with Gasteiger partial charge in [-0.2, -0.15) is 10.5 Å². The SMILES string of the molecule is F[B-](F)(F)F.N#Cc1ccccc1.N#Cc1ccccc1.[Au+]. The third-order valence-corrected chi connectivity index (χ3v) is 1.81. The molecule has 0 aromatic heterocycles. The minimum absolute atomic E-state index is 0. The molecule has 2 nitrogen and oxygen atoms in total. The Balaban J connectivity index is 0. The Bertz CT molecular complexity index is 537. The fourth-order valence-electron chi connectivity index (χ4n) is 1.03. The van der Waals surface area contributed by atoms with E-state index in [1.807, 2.05) is 48.5 Å². The van der Waals surface area contributed by atoms with Gasteiger partial charge in [-0.25, -0.2) is 0 Å². The first kappa shape index (κ1) is 22.2. The molecule has 0 saturated carbocycles. The van der Waals surface area contributed by atoms with Crippen LogP contribution >= 0.6 is 0 Å². The maximum absolute atomic E-state index is 9.75. The Morgan fingerprint density at radius 2 is 0.864 bits per heavy atom. The average molecular weight is 490 g/mol. The van der Waals surface area contributed by atoms with E-state index >= 15 is 0 Å². The zero-order valence-corrected chi connectivity index (χ0v) is 13.2. The van der Waals surface area contributed by atoms with Crippen molar-refractivity contribution in [3.8, 4) is 12.1 Å². The molecule has 0 heterocycles. The number of nitrogens with zero attached hydrogens (tertiary/aromatic N) is 2. The summed E-state index contributed by atoms with van der Waals surface area (Å²) in [5, 5.41) is 16.6. The Hall–Kier alpha value is -2.05. The van der Waals surface area contributed by atoms with Crippen LogP contribution in [-0.4, -0.2) is 7.25 Å². The predicted molar refractivity (Wildman–Crippen MR) is 72.5 cm³/mol. The minimum Gasteiger partial charge on any atom is -0.418 e. The summed E-state index contributed by atoms with van der Waals surface area (Å²) in [5.74, 6) is 0. The van der Waals surface area contributed by atoms with Crippen molar-refractivity contribution in [1.29, 1.82) is 10.5 Å². The molecule has 0 aliphatic carbocycles. The molecular formula is C14H10AuBF4N2. The summed E-state index contributed by atoms with van der Waals surface area (Å²) >= 11 is 0. The molecule has 2 aromatic carbocycles. The first-order valence-corrected chi connectivity index (χ1v) is 5.64. The van der Waals surface area contributed by atoms with E-state index in [-0.39, 0.29) is 22.4 Å². The van der Waals surface area contributed by atoms with Crippen LogP contribution in [0.15, 0.2) is 60.7 Å². The van der Waals surface area contributed by atoms with E-state index in [0.717, 1.165) is 0 Å². The van der Waals surface area contributed by atoms with Gasteiger partial charge in [-0.05, 0) is 24.3 Å². The molecule has 118 valence electrons.